The molecule has 0 bridgehead atoms. The van der Waals surface area contributed by atoms with Gasteiger partial charge in [-0.2, -0.15) is 0 Å². The number of aliphatic hydroxyl groups is 1. The van der Waals surface area contributed by atoms with Crippen molar-refractivity contribution in [3.63, 3.8) is 0 Å². The number of rotatable bonds is 8. The maximum absolute atomic E-state index is 11.8. The standard InChI is InChI=1S/C11H24N2O3/c1-9(5-4-6-12)11(15)13(2)7-10(14)8-16-3/h9-10,14H,4-8,12H2,1-3H3. The average molecular weight is 232 g/mol. The molecule has 0 aliphatic heterocycles. The number of nitrogens with two attached hydrogens (primary N) is 1. The lowest BCUT2D eigenvalue weighted by atomic mass is 10.0. The Morgan fingerprint density at radius 1 is 1.56 bits per heavy atom. The Bertz CT molecular complexity index is 200. The topological polar surface area (TPSA) is 75.8 Å². The zero-order valence-electron chi connectivity index (χ0n) is 10.5. The molecule has 0 aliphatic carbocycles. The van der Waals surface area contributed by atoms with E-state index in [1.165, 1.54) is 7.11 Å². The summed E-state index contributed by atoms with van der Waals surface area (Å²) in [6.07, 6.45) is 1.02. The zero-order chi connectivity index (χ0) is 12.6. The van der Waals surface area contributed by atoms with E-state index < -0.39 is 6.10 Å². The molecule has 0 fully saturated rings. The highest BCUT2D eigenvalue weighted by Crippen LogP contribution is 2.08. The average Bonchev–Trinajstić information content (AvgIpc) is 2.24. The molecule has 3 N–H and O–H groups in total. The molecule has 96 valence electrons. The Morgan fingerprint density at radius 2 is 2.19 bits per heavy atom. The van der Waals surface area contributed by atoms with Crippen LogP contribution in [0, 0.1) is 5.92 Å². The number of amides is 1. The Labute approximate surface area is 97.6 Å². The van der Waals surface area contributed by atoms with Gasteiger partial charge < -0.3 is 20.5 Å². The highest BCUT2D eigenvalue weighted by molar-refractivity contribution is 5.78. The van der Waals surface area contributed by atoms with E-state index in [2.05, 4.69) is 0 Å². The van der Waals surface area contributed by atoms with Gasteiger partial charge in [0.15, 0.2) is 0 Å². The van der Waals surface area contributed by atoms with Crippen LogP contribution in [0.15, 0.2) is 0 Å². The number of aliphatic hydroxyl groups excluding tert-OH is 1. The number of carbonyl (C=O) groups excluding carboxylic acids is 1. The van der Waals surface area contributed by atoms with E-state index in [0.717, 1.165) is 12.8 Å². The summed E-state index contributed by atoms with van der Waals surface area (Å²) in [6.45, 7) is 3.04. The Kier molecular flexibility index (Phi) is 8.15. The molecule has 0 aromatic carbocycles. The third kappa shape index (κ3) is 6.05. The van der Waals surface area contributed by atoms with Crippen LogP contribution in [0.3, 0.4) is 0 Å². The van der Waals surface area contributed by atoms with E-state index in [9.17, 15) is 9.90 Å². The molecule has 5 heteroatoms. The number of methoxy groups -OCH3 is 1. The van der Waals surface area contributed by atoms with Gasteiger partial charge >= 0.3 is 0 Å². The molecule has 2 unspecified atom stereocenters. The van der Waals surface area contributed by atoms with Gasteiger partial charge in [0.1, 0.15) is 0 Å². The fourth-order valence-corrected chi connectivity index (χ4v) is 1.57. The predicted molar refractivity (Wildman–Crippen MR) is 63.0 cm³/mol. The first-order valence-electron chi connectivity index (χ1n) is 5.65. The van der Waals surface area contributed by atoms with Crippen LogP contribution in [0.4, 0.5) is 0 Å². The fraction of sp³-hybridized carbons (Fsp3) is 0.909. The number of hydrogen-bond acceptors (Lipinski definition) is 4. The van der Waals surface area contributed by atoms with Crippen molar-refractivity contribution >= 4 is 5.91 Å². The van der Waals surface area contributed by atoms with Crippen molar-refractivity contribution in [1.29, 1.82) is 0 Å². The van der Waals surface area contributed by atoms with Crippen molar-refractivity contribution in [3.05, 3.63) is 0 Å². The van der Waals surface area contributed by atoms with Crippen molar-refractivity contribution in [2.45, 2.75) is 25.9 Å². The lowest BCUT2D eigenvalue weighted by Crippen LogP contribution is -2.39. The molecule has 0 aliphatic rings. The van der Waals surface area contributed by atoms with Gasteiger partial charge in [-0.25, -0.2) is 0 Å². The SMILES string of the molecule is COCC(O)CN(C)C(=O)C(C)CCCN. The Morgan fingerprint density at radius 3 is 2.69 bits per heavy atom. The van der Waals surface area contributed by atoms with Gasteiger partial charge in [-0.3, -0.25) is 4.79 Å². The normalized spacial score (nSPS) is 14.6. The van der Waals surface area contributed by atoms with Crippen LogP contribution in [-0.4, -0.2) is 55.9 Å². The molecule has 0 aromatic rings. The first-order valence-corrected chi connectivity index (χ1v) is 5.65. The van der Waals surface area contributed by atoms with Gasteiger partial charge in [0.2, 0.25) is 5.91 Å². The summed E-state index contributed by atoms with van der Waals surface area (Å²) >= 11 is 0. The first kappa shape index (κ1) is 15.3. The van der Waals surface area contributed by atoms with Crippen LogP contribution in [0.1, 0.15) is 19.8 Å². The summed E-state index contributed by atoms with van der Waals surface area (Å²) in [5.41, 5.74) is 5.39. The maximum atomic E-state index is 11.8. The van der Waals surface area contributed by atoms with E-state index in [0.29, 0.717) is 13.1 Å². The highest BCUT2D eigenvalue weighted by Gasteiger charge is 2.19. The number of nitrogens with zero attached hydrogens (tertiary/aromatic N) is 1. The summed E-state index contributed by atoms with van der Waals surface area (Å²) in [7, 11) is 3.22. The highest BCUT2D eigenvalue weighted by atomic mass is 16.5. The molecule has 2 atom stereocenters. The van der Waals surface area contributed by atoms with Gasteiger partial charge in [-0.15, -0.1) is 0 Å². The number of carbonyl (C=O) groups is 1. The second-order valence-corrected chi connectivity index (χ2v) is 4.16. The summed E-state index contributed by atoms with van der Waals surface area (Å²) in [5, 5.41) is 9.49. The van der Waals surface area contributed by atoms with Gasteiger partial charge in [-0.05, 0) is 19.4 Å². The van der Waals surface area contributed by atoms with Gasteiger partial charge in [0.25, 0.3) is 0 Å². The molecule has 0 rings (SSSR count). The van der Waals surface area contributed by atoms with Crippen LogP contribution in [0.2, 0.25) is 0 Å². The van der Waals surface area contributed by atoms with Crippen LogP contribution < -0.4 is 5.73 Å². The Hall–Kier alpha value is -0.650. The van der Waals surface area contributed by atoms with Crippen LogP contribution in [0.25, 0.3) is 0 Å². The second-order valence-electron chi connectivity index (χ2n) is 4.16. The van der Waals surface area contributed by atoms with E-state index >= 15 is 0 Å². The molecule has 0 saturated heterocycles. The second kappa shape index (κ2) is 8.50. The largest absolute Gasteiger partial charge is 0.389 e. The van der Waals surface area contributed by atoms with E-state index in [-0.39, 0.29) is 18.4 Å². The summed E-state index contributed by atoms with van der Waals surface area (Å²) < 4.78 is 4.81. The van der Waals surface area contributed by atoms with Crippen molar-refractivity contribution < 1.29 is 14.6 Å². The minimum atomic E-state index is -0.624. The van der Waals surface area contributed by atoms with Crippen molar-refractivity contribution in [3.8, 4) is 0 Å². The molecular formula is C11H24N2O3. The predicted octanol–water partition coefficient (Wildman–Crippen LogP) is -0.173. The molecule has 5 nitrogen and oxygen atoms in total. The van der Waals surface area contributed by atoms with Gasteiger partial charge in [0, 0.05) is 26.6 Å². The smallest absolute Gasteiger partial charge is 0.225 e. The van der Waals surface area contributed by atoms with Gasteiger partial charge in [-0.1, -0.05) is 6.92 Å². The van der Waals surface area contributed by atoms with Crippen LogP contribution in [0.5, 0.6) is 0 Å². The Balaban J connectivity index is 3.96. The molecule has 16 heavy (non-hydrogen) atoms. The van der Waals surface area contributed by atoms with Crippen LogP contribution >= 0.6 is 0 Å². The molecule has 0 heterocycles. The molecule has 0 saturated carbocycles. The van der Waals surface area contributed by atoms with E-state index in [1.54, 1.807) is 11.9 Å². The minimum absolute atomic E-state index is 0.0386. The monoisotopic (exact) mass is 232 g/mol. The lowest BCUT2D eigenvalue weighted by Gasteiger charge is -2.23. The molecule has 1 amide bonds. The summed E-state index contributed by atoms with van der Waals surface area (Å²) in [4.78, 5) is 13.4. The molecule has 0 spiro atoms. The fourth-order valence-electron chi connectivity index (χ4n) is 1.57. The number of hydrogen-bond donors (Lipinski definition) is 2. The zero-order valence-corrected chi connectivity index (χ0v) is 10.5. The van der Waals surface area contributed by atoms with Gasteiger partial charge in [0.05, 0.1) is 12.7 Å². The minimum Gasteiger partial charge on any atom is -0.389 e. The molecule has 0 aromatic heterocycles. The molecular weight excluding hydrogens is 208 g/mol. The third-order valence-electron chi connectivity index (χ3n) is 2.48. The van der Waals surface area contributed by atoms with Crippen molar-refractivity contribution in [2.24, 2.45) is 11.7 Å². The lowest BCUT2D eigenvalue weighted by molar-refractivity contribution is -0.135. The van der Waals surface area contributed by atoms with Crippen molar-refractivity contribution in [2.75, 3.05) is 33.9 Å². The molecule has 0 radical (unpaired) electrons. The maximum Gasteiger partial charge on any atom is 0.225 e. The number of likely N-dealkylation sites (N-methyl/N-ethyl adjacent to an activating group) is 1. The van der Waals surface area contributed by atoms with E-state index in [1.807, 2.05) is 6.92 Å². The number of ether oxygens (including phenoxy) is 1. The van der Waals surface area contributed by atoms with Crippen LogP contribution in [-0.2, 0) is 9.53 Å². The summed E-state index contributed by atoms with van der Waals surface area (Å²) in [5.74, 6) is 0.00639. The van der Waals surface area contributed by atoms with E-state index in [4.69, 9.17) is 10.5 Å². The van der Waals surface area contributed by atoms with Crippen molar-refractivity contribution in [1.82, 2.24) is 4.90 Å². The summed E-state index contributed by atoms with van der Waals surface area (Å²) in [6, 6.07) is 0. The first-order chi connectivity index (χ1) is 7.52. The third-order valence-corrected chi connectivity index (χ3v) is 2.48. The quantitative estimate of drug-likeness (QED) is 0.609.